The number of benzene rings is 7. The summed E-state index contributed by atoms with van der Waals surface area (Å²) in [5, 5.41) is 3.63. The molecule has 0 fully saturated rings. The third kappa shape index (κ3) is 5.40. The number of rotatable bonds is 6. The average molecular weight is 733 g/mol. The molecular formula is C51H32N4S. The quantitative estimate of drug-likeness (QED) is 0.171. The van der Waals surface area contributed by atoms with Crippen molar-refractivity contribution in [3.8, 4) is 62.0 Å². The van der Waals surface area contributed by atoms with Gasteiger partial charge in [0.15, 0.2) is 5.82 Å². The van der Waals surface area contributed by atoms with Gasteiger partial charge in [-0.3, -0.25) is 0 Å². The summed E-state index contributed by atoms with van der Waals surface area (Å²) in [7, 11) is 0. The molecule has 0 amide bonds. The normalized spacial score (nSPS) is 11.6. The average Bonchev–Trinajstić information content (AvgIpc) is 3.83. The van der Waals surface area contributed by atoms with E-state index in [1.165, 1.54) is 36.6 Å². The lowest BCUT2D eigenvalue weighted by Crippen LogP contribution is -1.96. The number of hydrogen-bond donors (Lipinski definition) is 0. The minimum atomic E-state index is 0.714. The van der Waals surface area contributed by atoms with E-state index in [1.807, 2.05) is 47.7 Å². The van der Waals surface area contributed by atoms with Crippen LogP contribution >= 0.6 is 11.3 Å². The Kier molecular flexibility index (Phi) is 7.64. The standard InChI is InChI=1S/C51H32N4S/c1-4-14-35(15-5-1)43-32-44(54-51(53-43)38-18-8-3-9-19-38)36-26-24-33(25-27-36)34-28-30-39(31-29-34)55-45-23-13-11-21-41(45)50-48(55)46-47(37-16-6-2-7-17-37)52-42-22-12-10-20-40(42)49(46)56-50/h1-32H. The number of aromatic nitrogens is 4. The summed E-state index contributed by atoms with van der Waals surface area (Å²) in [4.78, 5) is 15.3. The first-order chi connectivity index (χ1) is 27.8. The molecule has 0 saturated carbocycles. The van der Waals surface area contributed by atoms with Gasteiger partial charge in [0.1, 0.15) is 0 Å². The number of pyridine rings is 1. The lowest BCUT2D eigenvalue weighted by molar-refractivity contribution is 1.18. The number of fused-ring (bicyclic) bond motifs is 7. The molecule has 11 rings (SSSR count). The van der Waals surface area contributed by atoms with Crippen LogP contribution in [0.15, 0.2) is 194 Å². The van der Waals surface area contributed by atoms with Crippen LogP contribution < -0.4 is 0 Å². The number of nitrogens with zero attached hydrogens (tertiary/aromatic N) is 4. The highest BCUT2D eigenvalue weighted by molar-refractivity contribution is 7.27. The van der Waals surface area contributed by atoms with Gasteiger partial charge in [0.25, 0.3) is 0 Å². The van der Waals surface area contributed by atoms with E-state index >= 15 is 0 Å². The summed E-state index contributed by atoms with van der Waals surface area (Å²) in [6.45, 7) is 0. The van der Waals surface area contributed by atoms with Crippen LogP contribution in [0.4, 0.5) is 0 Å². The van der Waals surface area contributed by atoms with E-state index in [2.05, 4.69) is 162 Å². The van der Waals surface area contributed by atoms with Crippen LogP contribution in [0.3, 0.4) is 0 Å². The van der Waals surface area contributed by atoms with Gasteiger partial charge in [-0.15, -0.1) is 11.3 Å². The Morgan fingerprint density at radius 1 is 0.393 bits per heavy atom. The molecule has 11 aromatic rings. The molecule has 0 aliphatic heterocycles. The van der Waals surface area contributed by atoms with Crippen LogP contribution in [-0.2, 0) is 0 Å². The smallest absolute Gasteiger partial charge is 0.160 e. The summed E-state index contributed by atoms with van der Waals surface area (Å²) < 4.78 is 4.98. The summed E-state index contributed by atoms with van der Waals surface area (Å²) in [5.74, 6) is 0.714. The first-order valence-corrected chi connectivity index (χ1v) is 19.6. The summed E-state index contributed by atoms with van der Waals surface area (Å²) in [5.41, 5.74) is 13.9. The van der Waals surface area contributed by atoms with Crippen LogP contribution in [0.5, 0.6) is 0 Å². The van der Waals surface area contributed by atoms with E-state index in [-0.39, 0.29) is 0 Å². The molecule has 0 N–H and O–H groups in total. The Morgan fingerprint density at radius 2 is 0.911 bits per heavy atom. The molecule has 0 spiro atoms. The van der Waals surface area contributed by atoms with Crippen molar-refractivity contribution in [3.63, 3.8) is 0 Å². The molecule has 0 atom stereocenters. The summed E-state index contributed by atoms with van der Waals surface area (Å²) in [6, 6.07) is 68.1. The lowest BCUT2D eigenvalue weighted by atomic mass is 10.0. The molecule has 4 heterocycles. The summed E-state index contributed by atoms with van der Waals surface area (Å²) >= 11 is 1.87. The molecule has 4 aromatic heterocycles. The van der Waals surface area contributed by atoms with E-state index in [4.69, 9.17) is 15.0 Å². The lowest BCUT2D eigenvalue weighted by Gasteiger charge is -2.12. The topological polar surface area (TPSA) is 43.6 Å². The molecule has 5 heteroatoms. The highest BCUT2D eigenvalue weighted by atomic mass is 32.1. The van der Waals surface area contributed by atoms with Gasteiger partial charge < -0.3 is 4.57 Å². The van der Waals surface area contributed by atoms with Crippen LogP contribution in [0.25, 0.3) is 104 Å². The Morgan fingerprint density at radius 3 is 1.59 bits per heavy atom. The second-order valence-corrected chi connectivity index (χ2v) is 15.0. The van der Waals surface area contributed by atoms with E-state index < -0.39 is 0 Å². The van der Waals surface area contributed by atoms with Crippen molar-refractivity contribution >= 4 is 53.4 Å². The molecule has 0 bridgehead atoms. The van der Waals surface area contributed by atoms with Crippen molar-refractivity contribution in [1.29, 1.82) is 0 Å². The zero-order valence-electron chi connectivity index (χ0n) is 30.2. The van der Waals surface area contributed by atoms with E-state index in [0.717, 1.165) is 61.7 Å². The van der Waals surface area contributed by atoms with Gasteiger partial charge in [-0.05, 0) is 41.5 Å². The minimum Gasteiger partial charge on any atom is -0.308 e. The van der Waals surface area contributed by atoms with Crippen molar-refractivity contribution < 1.29 is 0 Å². The van der Waals surface area contributed by atoms with Crippen LogP contribution in [0.1, 0.15) is 0 Å². The molecule has 0 saturated heterocycles. The van der Waals surface area contributed by atoms with Crippen molar-refractivity contribution in [2.45, 2.75) is 0 Å². The van der Waals surface area contributed by atoms with E-state index in [0.29, 0.717) is 5.82 Å². The van der Waals surface area contributed by atoms with Gasteiger partial charge in [-0.1, -0.05) is 164 Å². The maximum absolute atomic E-state index is 5.31. The third-order valence-electron chi connectivity index (χ3n) is 10.6. The molecule has 7 aromatic carbocycles. The van der Waals surface area contributed by atoms with Gasteiger partial charge in [0.05, 0.1) is 38.3 Å². The molecular weight excluding hydrogens is 701 g/mol. The van der Waals surface area contributed by atoms with Crippen LogP contribution in [-0.4, -0.2) is 19.5 Å². The Hall–Kier alpha value is -7.21. The van der Waals surface area contributed by atoms with Crippen molar-refractivity contribution in [3.05, 3.63) is 194 Å². The molecule has 0 aliphatic carbocycles. The molecule has 56 heavy (non-hydrogen) atoms. The van der Waals surface area contributed by atoms with Crippen molar-refractivity contribution in [1.82, 2.24) is 19.5 Å². The first kappa shape index (κ1) is 32.2. The first-order valence-electron chi connectivity index (χ1n) is 18.8. The van der Waals surface area contributed by atoms with Crippen LogP contribution in [0.2, 0.25) is 0 Å². The zero-order valence-corrected chi connectivity index (χ0v) is 31.0. The Bertz CT molecular complexity index is 3150. The highest BCUT2D eigenvalue weighted by Gasteiger charge is 2.23. The predicted molar refractivity (Wildman–Crippen MR) is 234 cm³/mol. The Labute approximate surface area is 327 Å². The molecule has 0 unspecified atom stereocenters. The van der Waals surface area contributed by atoms with E-state index in [1.54, 1.807) is 0 Å². The molecule has 0 aliphatic rings. The number of para-hydroxylation sites is 2. The second-order valence-electron chi connectivity index (χ2n) is 14.0. The third-order valence-corrected chi connectivity index (χ3v) is 11.9. The van der Waals surface area contributed by atoms with Crippen LogP contribution in [0, 0.1) is 0 Å². The number of hydrogen-bond acceptors (Lipinski definition) is 4. The second kappa shape index (κ2) is 13.3. The maximum atomic E-state index is 5.31. The predicted octanol–water partition coefficient (Wildman–Crippen LogP) is 13.7. The van der Waals surface area contributed by atoms with Crippen molar-refractivity contribution in [2.75, 3.05) is 0 Å². The zero-order chi connectivity index (χ0) is 37.0. The fourth-order valence-electron chi connectivity index (χ4n) is 7.93. The highest BCUT2D eigenvalue weighted by Crippen LogP contribution is 2.47. The SMILES string of the molecule is c1ccc(-c2cc(-c3ccc(-c4ccc(-n5c6ccccc6c6sc7c8ccccc8nc(-c8ccccc8)c7c65)cc4)cc3)nc(-c3ccccc3)n2)cc1. The fraction of sp³-hybridized carbons (Fsp3) is 0. The van der Waals surface area contributed by atoms with Gasteiger partial charge in [0, 0.05) is 48.8 Å². The largest absolute Gasteiger partial charge is 0.308 e. The van der Waals surface area contributed by atoms with Crippen molar-refractivity contribution in [2.24, 2.45) is 0 Å². The van der Waals surface area contributed by atoms with Gasteiger partial charge in [-0.25, -0.2) is 15.0 Å². The Balaban J connectivity index is 1.01. The maximum Gasteiger partial charge on any atom is 0.160 e. The van der Waals surface area contributed by atoms with Gasteiger partial charge in [0.2, 0.25) is 0 Å². The molecule has 262 valence electrons. The monoisotopic (exact) mass is 732 g/mol. The molecule has 4 nitrogen and oxygen atoms in total. The van der Waals surface area contributed by atoms with E-state index in [9.17, 15) is 0 Å². The fourth-order valence-corrected chi connectivity index (χ4v) is 9.28. The van der Waals surface area contributed by atoms with Gasteiger partial charge in [-0.2, -0.15) is 0 Å². The molecule has 0 radical (unpaired) electrons. The van der Waals surface area contributed by atoms with Gasteiger partial charge >= 0.3 is 0 Å². The summed E-state index contributed by atoms with van der Waals surface area (Å²) in [6.07, 6.45) is 0. The number of thiophene rings is 1. The minimum absolute atomic E-state index is 0.714.